The minimum Gasteiger partial charge on any atom is -0.479 e. The Balaban J connectivity index is 2.64. The molecule has 0 saturated heterocycles. The number of hydrogen-bond acceptors (Lipinski definition) is 3. The number of fused-ring (bicyclic) bond motifs is 1. The predicted molar refractivity (Wildman–Crippen MR) is 62.2 cm³/mol. The molecular formula is C10H7BrN2O3. The fraction of sp³-hybridized carbons (Fsp3) is 0.100. The summed E-state index contributed by atoms with van der Waals surface area (Å²) in [7, 11) is 0. The molecule has 5 nitrogen and oxygen atoms in total. The first-order valence-corrected chi connectivity index (χ1v) is 5.24. The number of nitrogens with zero attached hydrogens (tertiary/aromatic N) is 1. The number of benzene rings is 1. The molecule has 0 aliphatic heterocycles. The summed E-state index contributed by atoms with van der Waals surface area (Å²) in [4.78, 5) is 24.3. The summed E-state index contributed by atoms with van der Waals surface area (Å²) in [6, 6.07) is 4.00. The maximum Gasteiger partial charge on any atom is 0.336 e. The number of aromatic amines is 1. The van der Waals surface area contributed by atoms with Crippen LogP contribution in [0, 0.1) is 4.91 Å². The Bertz CT molecular complexity index is 564. The first kappa shape index (κ1) is 10.8. The van der Waals surface area contributed by atoms with E-state index in [-0.39, 0.29) is 0 Å². The van der Waals surface area contributed by atoms with E-state index in [0.29, 0.717) is 10.9 Å². The number of H-pyrrole nitrogens is 1. The van der Waals surface area contributed by atoms with Crippen LogP contribution in [-0.4, -0.2) is 16.1 Å². The monoisotopic (exact) mass is 282 g/mol. The lowest BCUT2D eigenvalue weighted by molar-refractivity contribution is -0.138. The lowest BCUT2D eigenvalue weighted by Crippen LogP contribution is -2.07. The number of carbonyl (C=O) groups is 1. The molecule has 16 heavy (non-hydrogen) atoms. The number of carboxylic acid groups (broad SMARTS) is 1. The molecule has 0 bridgehead atoms. The van der Waals surface area contributed by atoms with E-state index in [0.717, 1.165) is 9.99 Å². The zero-order chi connectivity index (χ0) is 11.7. The van der Waals surface area contributed by atoms with Gasteiger partial charge in [-0.2, -0.15) is 0 Å². The number of nitroso groups, excluding NO2 is 1. The molecule has 6 heteroatoms. The van der Waals surface area contributed by atoms with Crippen LogP contribution in [0.5, 0.6) is 0 Å². The molecule has 0 amide bonds. The first-order valence-electron chi connectivity index (χ1n) is 4.45. The molecule has 1 aromatic carbocycles. The smallest absolute Gasteiger partial charge is 0.336 e. The Morgan fingerprint density at radius 2 is 2.25 bits per heavy atom. The Kier molecular flexibility index (Phi) is 2.74. The Labute approximate surface area is 98.6 Å². The van der Waals surface area contributed by atoms with Crippen molar-refractivity contribution in [2.24, 2.45) is 5.18 Å². The largest absolute Gasteiger partial charge is 0.479 e. The summed E-state index contributed by atoms with van der Waals surface area (Å²) in [5.74, 6) is -1.25. The van der Waals surface area contributed by atoms with Gasteiger partial charge in [-0.05, 0) is 23.4 Å². The highest BCUT2D eigenvalue weighted by Gasteiger charge is 2.23. The van der Waals surface area contributed by atoms with Gasteiger partial charge in [-0.15, -0.1) is 4.91 Å². The third kappa shape index (κ3) is 1.71. The van der Waals surface area contributed by atoms with Crippen LogP contribution in [0.25, 0.3) is 10.9 Å². The van der Waals surface area contributed by atoms with Gasteiger partial charge in [-0.25, -0.2) is 4.79 Å². The standard InChI is InChI=1S/C10H7BrN2O3/c11-5-1-2-8-6(3-5)7(4-12-8)9(13-16)10(14)15/h1-4,9,12H,(H,14,15). The van der Waals surface area contributed by atoms with Gasteiger partial charge in [0.25, 0.3) is 0 Å². The van der Waals surface area contributed by atoms with E-state index in [1.165, 1.54) is 6.20 Å². The molecular weight excluding hydrogens is 276 g/mol. The van der Waals surface area contributed by atoms with Crippen molar-refractivity contribution in [1.82, 2.24) is 4.98 Å². The normalized spacial score (nSPS) is 12.6. The molecule has 0 spiro atoms. The second-order valence-electron chi connectivity index (χ2n) is 3.28. The average Bonchev–Trinajstić information content (AvgIpc) is 2.62. The molecule has 0 fully saturated rings. The molecule has 0 aliphatic carbocycles. The lowest BCUT2D eigenvalue weighted by atomic mass is 10.1. The third-order valence-electron chi connectivity index (χ3n) is 2.31. The molecule has 1 heterocycles. The van der Waals surface area contributed by atoms with Crippen molar-refractivity contribution in [2.75, 3.05) is 0 Å². The van der Waals surface area contributed by atoms with E-state index < -0.39 is 12.0 Å². The summed E-state index contributed by atoms with van der Waals surface area (Å²) < 4.78 is 0.816. The van der Waals surface area contributed by atoms with E-state index in [2.05, 4.69) is 26.1 Å². The summed E-state index contributed by atoms with van der Waals surface area (Å²) >= 11 is 3.29. The van der Waals surface area contributed by atoms with Gasteiger partial charge in [0.2, 0.25) is 6.04 Å². The van der Waals surface area contributed by atoms with E-state index in [1.54, 1.807) is 12.1 Å². The first-order chi connectivity index (χ1) is 7.63. The van der Waals surface area contributed by atoms with E-state index in [4.69, 9.17) is 5.11 Å². The van der Waals surface area contributed by atoms with Crippen molar-refractivity contribution in [3.63, 3.8) is 0 Å². The fourth-order valence-electron chi connectivity index (χ4n) is 1.58. The van der Waals surface area contributed by atoms with Crippen molar-refractivity contribution in [3.8, 4) is 0 Å². The zero-order valence-electron chi connectivity index (χ0n) is 7.98. The predicted octanol–water partition coefficient (Wildman–Crippen LogP) is 2.82. The van der Waals surface area contributed by atoms with Crippen molar-refractivity contribution in [2.45, 2.75) is 6.04 Å². The number of rotatable bonds is 3. The van der Waals surface area contributed by atoms with Crippen LogP contribution < -0.4 is 0 Å². The van der Waals surface area contributed by atoms with Gasteiger partial charge >= 0.3 is 5.97 Å². The third-order valence-corrected chi connectivity index (χ3v) is 2.80. The SMILES string of the molecule is O=NC(C(=O)O)c1c[nH]c2ccc(Br)cc12. The second kappa shape index (κ2) is 4.05. The Morgan fingerprint density at radius 1 is 1.50 bits per heavy atom. The number of aromatic nitrogens is 1. The Morgan fingerprint density at radius 3 is 2.88 bits per heavy atom. The van der Waals surface area contributed by atoms with Gasteiger partial charge in [0.05, 0.1) is 0 Å². The van der Waals surface area contributed by atoms with E-state index >= 15 is 0 Å². The highest BCUT2D eigenvalue weighted by Crippen LogP contribution is 2.28. The Hall–Kier alpha value is -1.69. The fourth-order valence-corrected chi connectivity index (χ4v) is 1.94. The van der Waals surface area contributed by atoms with E-state index in [1.807, 2.05) is 6.07 Å². The van der Waals surface area contributed by atoms with Crippen LogP contribution in [-0.2, 0) is 4.79 Å². The van der Waals surface area contributed by atoms with Crippen molar-refractivity contribution < 1.29 is 9.90 Å². The molecule has 0 radical (unpaired) electrons. The van der Waals surface area contributed by atoms with Gasteiger partial charge in [-0.1, -0.05) is 15.9 Å². The molecule has 82 valence electrons. The molecule has 0 aliphatic rings. The number of aliphatic carboxylic acids is 1. The van der Waals surface area contributed by atoms with Crippen LogP contribution in [0.4, 0.5) is 0 Å². The topological polar surface area (TPSA) is 82.5 Å². The highest BCUT2D eigenvalue weighted by atomic mass is 79.9. The van der Waals surface area contributed by atoms with Crippen molar-refractivity contribution in [1.29, 1.82) is 0 Å². The number of hydrogen-bond donors (Lipinski definition) is 2. The van der Waals surface area contributed by atoms with Crippen LogP contribution in [0.1, 0.15) is 11.6 Å². The van der Waals surface area contributed by atoms with Crippen LogP contribution in [0.3, 0.4) is 0 Å². The number of halogens is 1. The molecule has 2 rings (SSSR count). The number of nitrogens with one attached hydrogen (secondary N) is 1. The average molecular weight is 283 g/mol. The number of carboxylic acids is 1. The second-order valence-corrected chi connectivity index (χ2v) is 4.20. The van der Waals surface area contributed by atoms with Gasteiger partial charge in [0.1, 0.15) is 0 Å². The van der Waals surface area contributed by atoms with Gasteiger partial charge in [0.15, 0.2) is 0 Å². The maximum atomic E-state index is 10.8. The molecule has 1 aromatic heterocycles. The van der Waals surface area contributed by atoms with Crippen LogP contribution in [0.2, 0.25) is 0 Å². The molecule has 2 aromatic rings. The molecule has 2 N–H and O–H groups in total. The van der Waals surface area contributed by atoms with Gasteiger partial charge in [0, 0.05) is 27.1 Å². The van der Waals surface area contributed by atoms with Gasteiger partial charge < -0.3 is 10.1 Å². The quantitative estimate of drug-likeness (QED) is 0.849. The highest BCUT2D eigenvalue weighted by molar-refractivity contribution is 9.10. The van der Waals surface area contributed by atoms with Crippen LogP contribution in [0.15, 0.2) is 34.0 Å². The van der Waals surface area contributed by atoms with E-state index in [9.17, 15) is 9.70 Å². The molecule has 1 unspecified atom stereocenters. The zero-order valence-corrected chi connectivity index (χ0v) is 9.56. The van der Waals surface area contributed by atoms with Crippen molar-refractivity contribution >= 4 is 32.8 Å². The summed E-state index contributed by atoms with van der Waals surface area (Å²) in [5.41, 5.74) is 1.15. The maximum absolute atomic E-state index is 10.8. The van der Waals surface area contributed by atoms with Gasteiger partial charge in [-0.3, -0.25) is 0 Å². The lowest BCUT2D eigenvalue weighted by Gasteiger charge is -2.01. The summed E-state index contributed by atoms with van der Waals surface area (Å²) in [6.45, 7) is 0. The molecule has 1 atom stereocenters. The summed E-state index contributed by atoms with van der Waals surface area (Å²) in [5, 5.41) is 12.2. The van der Waals surface area contributed by atoms with Crippen LogP contribution >= 0.6 is 15.9 Å². The minimum atomic E-state index is -1.37. The minimum absolute atomic E-state index is 0.374. The summed E-state index contributed by atoms with van der Waals surface area (Å²) in [6.07, 6.45) is 1.50. The van der Waals surface area contributed by atoms with Crippen molar-refractivity contribution in [3.05, 3.63) is 39.3 Å². The molecule has 0 saturated carbocycles.